The van der Waals surface area contributed by atoms with Crippen molar-refractivity contribution in [3.63, 3.8) is 0 Å². The first-order valence-corrected chi connectivity index (χ1v) is 8.76. The van der Waals surface area contributed by atoms with Crippen molar-refractivity contribution in [1.82, 2.24) is 10.2 Å². The van der Waals surface area contributed by atoms with Crippen LogP contribution in [-0.4, -0.2) is 56.1 Å². The quantitative estimate of drug-likeness (QED) is 0.797. The van der Waals surface area contributed by atoms with Crippen LogP contribution in [-0.2, 0) is 14.3 Å². The standard InChI is InChI=1S/C17H21ClFN3O3/c18-14-9-11(1-2-15(14)19)21-17(24)13-10-12(13)16(23)20-3-4-22-5-7-25-8-6-22/h1-2,9,12-13H,3-8,10H2,(H,20,23)(H,21,24). The molecule has 2 amide bonds. The highest BCUT2D eigenvalue weighted by Gasteiger charge is 2.47. The van der Waals surface area contributed by atoms with Gasteiger partial charge in [0.2, 0.25) is 11.8 Å². The van der Waals surface area contributed by atoms with Crippen molar-refractivity contribution in [2.75, 3.05) is 44.7 Å². The summed E-state index contributed by atoms with van der Waals surface area (Å²) in [7, 11) is 0. The highest BCUT2D eigenvalue weighted by Crippen LogP contribution is 2.39. The number of ether oxygens (including phenoxy) is 1. The molecule has 136 valence electrons. The molecule has 0 aromatic heterocycles. The van der Waals surface area contributed by atoms with Crippen LogP contribution in [0.15, 0.2) is 18.2 Å². The van der Waals surface area contributed by atoms with Gasteiger partial charge in [0.25, 0.3) is 0 Å². The summed E-state index contributed by atoms with van der Waals surface area (Å²) in [5, 5.41) is 5.51. The molecule has 0 spiro atoms. The summed E-state index contributed by atoms with van der Waals surface area (Å²) in [6.45, 7) is 4.57. The second kappa shape index (κ2) is 8.12. The van der Waals surface area contributed by atoms with Gasteiger partial charge in [-0.3, -0.25) is 14.5 Å². The number of nitrogens with one attached hydrogen (secondary N) is 2. The van der Waals surface area contributed by atoms with Gasteiger partial charge in [-0.15, -0.1) is 0 Å². The highest BCUT2D eigenvalue weighted by atomic mass is 35.5. The van der Waals surface area contributed by atoms with Crippen LogP contribution < -0.4 is 10.6 Å². The van der Waals surface area contributed by atoms with Gasteiger partial charge in [0.1, 0.15) is 5.82 Å². The van der Waals surface area contributed by atoms with Gasteiger partial charge in [-0.1, -0.05) is 11.6 Å². The molecule has 1 saturated heterocycles. The Bertz CT molecular complexity index is 652. The molecule has 1 saturated carbocycles. The van der Waals surface area contributed by atoms with Crippen molar-refractivity contribution in [1.29, 1.82) is 0 Å². The molecule has 3 rings (SSSR count). The number of amides is 2. The maximum atomic E-state index is 13.1. The Morgan fingerprint density at radius 1 is 1.24 bits per heavy atom. The van der Waals surface area contributed by atoms with Crippen molar-refractivity contribution >= 4 is 29.1 Å². The molecule has 2 unspecified atom stereocenters. The average molecular weight is 370 g/mol. The number of hydrogen-bond donors (Lipinski definition) is 2. The van der Waals surface area contributed by atoms with Crippen LogP contribution in [0, 0.1) is 17.7 Å². The Morgan fingerprint density at radius 3 is 2.68 bits per heavy atom. The largest absolute Gasteiger partial charge is 0.379 e. The van der Waals surface area contributed by atoms with E-state index in [-0.39, 0.29) is 28.7 Å². The number of carbonyl (C=O) groups is 2. The number of benzene rings is 1. The molecule has 0 radical (unpaired) electrons. The van der Waals surface area contributed by atoms with Crippen molar-refractivity contribution in [2.45, 2.75) is 6.42 Å². The van der Waals surface area contributed by atoms with E-state index in [1.807, 2.05) is 0 Å². The second-order valence-electron chi connectivity index (χ2n) is 6.31. The normalized spacial score (nSPS) is 23.1. The Kier molecular flexibility index (Phi) is 5.88. The monoisotopic (exact) mass is 369 g/mol. The zero-order valence-corrected chi connectivity index (χ0v) is 14.5. The number of morpholine rings is 1. The minimum atomic E-state index is -0.538. The van der Waals surface area contributed by atoms with Gasteiger partial charge >= 0.3 is 0 Å². The molecule has 1 aliphatic carbocycles. The third-order valence-corrected chi connectivity index (χ3v) is 4.77. The van der Waals surface area contributed by atoms with Crippen molar-refractivity contribution in [3.8, 4) is 0 Å². The minimum absolute atomic E-state index is 0.0500. The molecule has 2 N–H and O–H groups in total. The number of halogens is 2. The van der Waals surface area contributed by atoms with Gasteiger partial charge in [-0.25, -0.2) is 4.39 Å². The summed E-state index contributed by atoms with van der Waals surface area (Å²) in [4.78, 5) is 26.5. The van der Waals surface area contributed by atoms with Crippen molar-refractivity contribution in [3.05, 3.63) is 29.0 Å². The van der Waals surface area contributed by atoms with Crippen LogP contribution in [0.4, 0.5) is 10.1 Å². The Morgan fingerprint density at radius 2 is 1.96 bits per heavy atom. The van der Waals surface area contributed by atoms with Gasteiger partial charge in [0, 0.05) is 31.9 Å². The van der Waals surface area contributed by atoms with E-state index in [9.17, 15) is 14.0 Å². The number of anilines is 1. The van der Waals surface area contributed by atoms with E-state index < -0.39 is 5.82 Å². The van der Waals surface area contributed by atoms with E-state index in [2.05, 4.69) is 15.5 Å². The lowest BCUT2D eigenvalue weighted by Crippen LogP contribution is -2.41. The topological polar surface area (TPSA) is 70.7 Å². The molecule has 2 atom stereocenters. The van der Waals surface area contributed by atoms with E-state index in [1.54, 1.807) is 0 Å². The summed E-state index contributed by atoms with van der Waals surface area (Å²) in [6, 6.07) is 3.99. The van der Waals surface area contributed by atoms with Crippen LogP contribution in [0.1, 0.15) is 6.42 Å². The Hall–Kier alpha value is -1.70. The summed E-state index contributed by atoms with van der Waals surface area (Å²) in [5.74, 6) is -1.50. The van der Waals surface area contributed by atoms with E-state index in [0.717, 1.165) is 32.8 Å². The Balaban J connectivity index is 1.39. The molecule has 25 heavy (non-hydrogen) atoms. The Labute approximate surface area is 150 Å². The molecule has 1 heterocycles. The number of rotatable bonds is 6. The lowest BCUT2D eigenvalue weighted by atomic mass is 10.2. The van der Waals surface area contributed by atoms with Gasteiger partial charge in [-0.2, -0.15) is 0 Å². The lowest BCUT2D eigenvalue weighted by Gasteiger charge is -2.26. The number of carbonyl (C=O) groups excluding carboxylic acids is 2. The van der Waals surface area contributed by atoms with Crippen LogP contribution in [0.5, 0.6) is 0 Å². The van der Waals surface area contributed by atoms with Crippen LogP contribution >= 0.6 is 11.6 Å². The second-order valence-corrected chi connectivity index (χ2v) is 6.72. The van der Waals surface area contributed by atoms with Crippen molar-refractivity contribution in [2.24, 2.45) is 11.8 Å². The predicted octanol–water partition coefficient (Wildman–Crippen LogP) is 1.50. The highest BCUT2D eigenvalue weighted by molar-refractivity contribution is 6.31. The third-order valence-electron chi connectivity index (χ3n) is 4.48. The SMILES string of the molecule is O=C(NCCN1CCOCC1)C1CC1C(=O)Nc1ccc(F)c(Cl)c1. The first-order valence-electron chi connectivity index (χ1n) is 8.38. The van der Waals surface area contributed by atoms with Gasteiger partial charge in [-0.05, 0) is 24.6 Å². The van der Waals surface area contributed by atoms with Gasteiger partial charge in [0.15, 0.2) is 0 Å². The summed E-state index contributed by atoms with van der Waals surface area (Å²) < 4.78 is 18.4. The van der Waals surface area contributed by atoms with E-state index in [0.29, 0.717) is 18.7 Å². The molecule has 8 heteroatoms. The molecule has 2 aliphatic rings. The number of nitrogens with zero attached hydrogens (tertiary/aromatic N) is 1. The zero-order valence-electron chi connectivity index (χ0n) is 13.8. The molecule has 1 aromatic carbocycles. The van der Waals surface area contributed by atoms with Gasteiger partial charge < -0.3 is 15.4 Å². The fraction of sp³-hybridized carbons (Fsp3) is 0.529. The molecule has 6 nitrogen and oxygen atoms in total. The molecule has 1 aliphatic heterocycles. The van der Waals surface area contributed by atoms with Gasteiger partial charge in [0.05, 0.1) is 30.1 Å². The van der Waals surface area contributed by atoms with Crippen LogP contribution in [0.2, 0.25) is 5.02 Å². The first-order chi connectivity index (χ1) is 12.0. The number of hydrogen-bond acceptors (Lipinski definition) is 4. The zero-order chi connectivity index (χ0) is 17.8. The van der Waals surface area contributed by atoms with E-state index in [1.165, 1.54) is 18.2 Å². The minimum Gasteiger partial charge on any atom is -0.379 e. The molecule has 2 fully saturated rings. The summed E-state index contributed by atoms with van der Waals surface area (Å²) in [5.41, 5.74) is 0.426. The first kappa shape index (κ1) is 18.1. The summed E-state index contributed by atoms with van der Waals surface area (Å²) >= 11 is 5.69. The molecular formula is C17H21ClFN3O3. The molecular weight excluding hydrogens is 349 g/mol. The van der Waals surface area contributed by atoms with Crippen molar-refractivity contribution < 1.29 is 18.7 Å². The van der Waals surface area contributed by atoms with E-state index in [4.69, 9.17) is 16.3 Å². The summed E-state index contributed by atoms with van der Waals surface area (Å²) in [6.07, 6.45) is 0.532. The average Bonchev–Trinajstić information content (AvgIpc) is 3.40. The fourth-order valence-corrected chi connectivity index (χ4v) is 3.06. The molecule has 0 bridgehead atoms. The smallest absolute Gasteiger partial charge is 0.228 e. The van der Waals surface area contributed by atoms with Crippen LogP contribution in [0.3, 0.4) is 0 Å². The predicted molar refractivity (Wildman–Crippen MR) is 91.9 cm³/mol. The molecule has 1 aromatic rings. The maximum absolute atomic E-state index is 13.1. The third kappa shape index (κ3) is 4.90. The van der Waals surface area contributed by atoms with E-state index >= 15 is 0 Å². The fourth-order valence-electron chi connectivity index (χ4n) is 2.88. The lowest BCUT2D eigenvalue weighted by molar-refractivity contribution is -0.125. The maximum Gasteiger partial charge on any atom is 0.228 e. The van der Waals surface area contributed by atoms with Crippen LogP contribution in [0.25, 0.3) is 0 Å².